The third kappa shape index (κ3) is 2.42. The lowest BCUT2D eigenvalue weighted by molar-refractivity contribution is 0.102. The zero-order chi connectivity index (χ0) is 14.9. The third-order valence-electron chi connectivity index (χ3n) is 4.32. The van der Waals surface area contributed by atoms with Gasteiger partial charge in [-0.05, 0) is 65.1 Å². The van der Waals surface area contributed by atoms with Crippen molar-refractivity contribution in [2.75, 3.05) is 5.32 Å². The largest absolute Gasteiger partial charge is 0.321 e. The maximum Gasteiger partial charge on any atom is 0.266 e. The summed E-state index contributed by atoms with van der Waals surface area (Å²) in [7, 11) is 0. The number of carbonyl (C=O) groups is 1. The van der Waals surface area contributed by atoms with Crippen LogP contribution in [-0.4, -0.2) is 5.91 Å². The molecule has 1 aromatic heterocycles. The van der Waals surface area contributed by atoms with E-state index in [1.54, 1.807) is 11.3 Å². The van der Waals surface area contributed by atoms with E-state index < -0.39 is 0 Å². The van der Waals surface area contributed by atoms with Crippen LogP contribution >= 0.6 is 11.3 Å². The Balaban J connectivity index is 1.62. The standard InChI is InChI=1S/C19H17NOS/c21-19(18-17-8-4-3-7-15(17)12-22-18)20-16-10-9-13-5-1-2-6-14(13)11-16/h1-2,5-6,9-12H,3-4,7-8H2,(H,20,21). The number of carbonyl (C=O) groups excluding carboxylic acids is 1. The van der Waals surface area contributed by atoms with Crippen LogP contribution in [-0.2, 0) is 12.8 Å². The lowest BCUT2D eigenvalue weighted by Crippen LogP contribution is -2.13. The van der Waals surface area contributed by atoms with Gasteiger partial charge >= 0.3 is 0 Å². The number of hydrogen-bond acceptors (Lipinski definition) is 2. The minimum Gasteiger partial charge on any atom is -0.321 e. The number of hydrogen-bond donors (Lipinski definition) is 1. The minimum absolute atomic E-state index is 0.0310. The number of benzene rings is 2. The Morgan fingerprint density at radius 1 is 1.00 bits per heavy atom. The van der Waals surface area contributed by atoms with Crippen LogP contribution in [0.4, 0.5) is 5.69 Å². The molecular formula is C19H17NOS. The highest BCUT2D eigenvalue weighted by atomic mass is 32.1. The fraction of sp³-hybridized carbons (Fsp3) is 0.211. The number of aryl methyl sites for hydroxylation is 1. The van der Waals surface area contributed by atoms with Gasteiger partial charge in [0.25, 0.3) is 5.91 Å². The molecule has 0 unspecified atom stereocenters. The molecule has 0 atom stereocenters. The van der Waals surface area contributed by atoms with Gasteiger partial charge in [-0.15, -0.1) is 11.3 Å². The van der Waals surface area contributed by atoms with Gasteiger partial charge in [0.05, 0.1) is 4.88 Å². The SMILES string of the molecule is O=C(Nc1ccc2ccccc2c1)c1scc2c1CCCC2. The van der Waals surface area contributed by atoms with Gasteiger partial charge in [-0.25, -0.2) is 0 Å². The van der Waals surface area contributed by atoms with E-state index in [1.807, 2.05) is 24.3 Å². The molecule has 1 N–H and O–H groups in total. The Hall–Kier alpha value is -2.13. The topological polar surface area (TPSA) is 29.1 Å². The summed E-state index contributed by atoms with van der Waals surface area (Å²) in [5.74, 6) is 0.0310. The second-order valence-corrected chi connectivity index (χ2v) is 6.67. The number of nitrogens with one attached hydrogen (secondary N) is 1. The molecule has 0 spiro atoms. The van der Waals surface area contributed by atoms with Gasteiger partial charge < -0.3 is 5.32 Å². The van der Waals surface area contributed by atoms with Gasteiger partial charge in [0.15, 0.2) is 0 Å². The molecule has 22 heavy (non-hydrogen) atoms. The summed E-state index contributed by atoms with van der Waals surface area (Å²) in [6, 6.07) is 14.2. The second-order valence-electron chi connectivity index (χ2n) is 5.79. The molecule has 2 nitrogen and oxygen atoms in total. The molecule has 1 amide bonds. The summed E-state index contributed by atoms with van der Waals surface area (Å²) in [5, 5.41) is 7.55. The van der Waals surface area contributed by atoms with E-state index in [9.17, 15) is 4.79 Å². The van der Waals surface area contributed by atoms with E-state index in [1.165, 1.54) is 29.4 Å². The molecule has 0 saturated heterocycles. The molecule has 1 heterocycles. The summed E-state index contributed by atoms with van der Waals surface area (Å²) in [6.45, 7) is 0. The molecule has 4 rings (SSSR count). The van der Waals surface area contributed by atoms with Crippen LogP contribution in [0.5, 0.6) is 0 Å². The fourth-order valence-corrected chi connectivity index (χ4v) is 4.22. The smallest absolute Gasteiger partial charge is 0.266 e. The van der Waals surface area contributed by atoms with Crippen molar-refractivity contribution in [3.63, 3.8) is 0 Å². The first kappa shape index (κ1) is 13.5. The van der Waals surface area contributed by atoms with Crippen molar-refractivity contribution >= 4 is 33.7 Å². The average molecular weight is 307 g/mol. The first-order valence-electron chi connectivity index (χ1n) is 7.71. The maximum atomic E-state index is 12.6. The van der Waals surface area contributed by atoms with Crippen LogP contribution in [0, 0.1) is 0 Å². The summed E-state index contributed by atoms with van der Waals surface area (Å²) in [6.07, 6.45) is 4.60. The monoisotopic (exact) mass is 307 g/mol. The van der Waals surface area contributed by atoms with Gasteiger partial charge in [-0.2, -0.15) is 0 Å². The van der Waals surface area contributed by atoms with E-state index in [2.05, 4.69) is 28.9 Å². The Labute approximate surface area is 133 Å². The third-order valence-corrected chi connectivity index (χ3v) is 5.39. The first-order valence-corrected chi connectivity index (χ1v) is 8.58. The zero-order valence-electron chi connectivity index (χ0n) is 12.3. The molecule has 0 fully saturated rings. The van der Waals surface area contributed by atoms with E-state index in [-0.39, 0.29) is 5.91 Å². The normalized spacial score (nSPS) is 13.8. The lowest BCUT2D eigenvalue weighted by Gasteiger charge is -2.13. The van der Waals surface area contributed by atoms with Crippen molar-refractivity contribution < 1.29 is 4.79 Å². The predicted octanol–water partition coefficient (Wildman–Crippen LogP) is 5.03. The second kappa shape index (κ2) is 5.58. The van der Waals surface area contributed by atoms with Crippen molar-refractivity contribution in [3.8, 4) is 0 Å². The van der Waals surface area contributed by atoms with E-state index in [4.69, 9.17) is 0 Å². The van der Waals surface area contributed by atoms with E-state index in [0.717, 1.165) is 28.8 Å². The minimum atomic E-state index is 0.0310. The maximum absolute atomic E-state index is 12.6. The van der Waals surface area contributed by atoms with Crippen LogP contribution in [0.2, 0.25) is 0 Å². The van der Waals surface area contributed by atoms with Crippen molar-refractivity contribution in [2.24, 2.45) is 0 Å². The first-order chi connectivity index (χ1) is 10.8. The average Bonchev–Trinajstić information content (AvgIpc) is 2.99. The predicted molar refractivity (Wildman–Crippen MR) is 92.9 cm³/mol. The van der Waals surface area contributed by atoms with Gasteiger partial charge in [-0.1, -0.05) is 30.3 Å². The summed E-state index contributed by atoms with van der Waals surface area (Å²) in [4.78, 5) is 13.5. The van der Waals surface area contributed by atoms with Gasteiger partial charge in [0.1, 0.15) is 0 Å². The number of amides is 1. The van der Waals surface area contributed by atoms with Crippen LogP contribution in [0.1, 0.15) is 33.6 Å². The number of thiophene rings is 1. The zero-order valence-corrected chi connectivity index (χ0v) is 13.1. The van der Waals surface area contributed by atoms with E-state index in [0.29, 0.717) is 0 Å². The van der Waals surface area contributed by atoms with Gasteiger partial charge in [0.2, 0.25) is 0 Å². The lowest BCUT2D eigenvalue weighted by atomic mass is 9.94. The quantitative estimate of drug-likeness (QED) is 0.706. The Bertz CT molecular complexity index is 850. The molecule has 0 aliphatic heterocycles. The molecule has 0 bridgehead atoms. The molecule has 1 aliphatic rings. The number of anilines is 1. The summed E-state index contributed by atoms with van der Waals surface area (Å²) >= 11 is 1.58. The van der Waals surface area contributed by atoms with Gasteiger partial charge in [0, 0.05) is 5.69 Å². The van der Waals surface area contributed by atoms with Crippen LogP contribution in [0.3, 0.4) is 0 Å². The summed E-state index contributed by atoms with van der Waals surface area (Å²) < 4.78 is 0. The number of fused-ring (bicyclic) bond motifs is 2. The van der Waals surface area contributed by atoms with E-state index >= 15 is 0 Å². The molecule has 2 aromatic carbocycles. The Morgan fingerprint density at radius 2 is 1.82 bits per heavy atom. The van der Waals surface area contributed by atoms with Crippen molar-refractivity contribution in [1.82, 2.24) is 0 Å². The Morgan fingerprint density at radius 3 is 2.73 bits per heavy atom. The van der Waals surface area contributed by atoms with Crippen LogP contribution in [0.15, 0.2) is 47.8 Å². The van der Waals surface area contributed by atoms with Crippen molar-refractivity contribution in [3.05, 3.63) is 63.8 Å². The summed E-state index contributed by atoms with van der Waals surface area (Å²) in [5.41, 5.74) is 3.51. The van der Waals surface area contributed by atoms with Crippen LogP contribution in [0.25, 0.3) is 10.8 Å². The molecular weight excluding hydrogens is 290 g/mol. The molecule has 3 aromatic rings. The molecule has 0 radical (unpaired) electrons. The Kier molecular flexibility index (Phi) is 3.43. The van der Waals surface area contributed by atoms with Crippen LogP contribution < -0.4 is 5.32 Å². The van der Waals surface area contributed by atoms with Crippen molar-refractivity contribution in [1.29, 1.82) is 0 Å². The molecule has 110 valence electrons. The molecule has 1 aliphatic carbocycles. The van der Waals surface area contributed by atoms with Gasteiger partial charge in [-0.3, -0.25) is 4.79 Å². The highest BCUT2D eigenvalue weighted by Gasteiger charge is 2.20. The molecule has 0 saturated carbocycles. The fourth-order valence-electron chi connectivity index (χ4n) is 3.16. The van der Waals surface area contributed by atoms with Crippen molar-refractivity contribution in [2.45, 2.75) is 25.7 Å². The highest BCUT2D eigenvalue weighted by molar-refractivity contribution is 7.12. The number of rotatable bonds is 2. The highest BCUT2D eigenvalue weighted by Crippen LogP contribution is 2.30. The molecule has 3 heteroatoms.